The second-order valence-corrected chi connectivity index (χ2v) is 5.18. The van der Waals surface area contributed by atoms with Gasteiger partial charge in [0.25, 0.3) is 0 Å². The zero-order valence-corrected chi connectivity index (χ0v) is 14.5. The van der Waals surface area contributed by atoms with E-state index >= 15 is 0 Å². The van der Waals surface area contributed by atoms with Gasteiger partial charge in [0.15, 0.2) is 11.7 Å². The Kier molecular flexibility index (Phi) is 8.79. The van der Waals surface area contributed by atoms with E-state index in [4.69, 9.17) is 4.52 Å². The first-order valence-corrected chi connectivity index (χ1v) is 8.18. The maximum Gasteiger partial charge on any atom is 0.307 e. The highest BCUT2D eigenvalue weighted by Gasteiger charge is 2.12. The zero-order chi connectivity index (χ0) is 17.1. The third-order valence-electron chi connectivity index (χ3n) is 3.57. The lowest BCUT2D eigenvalue weighted by molar-refractivity contribution is -0.140. The number of carbonyl (C=O) groups excluding carboxylic acids is 1. The summed E-state index contributed by atoms with van der Waals surface area (Å²) in [7, 11) is 1.38. The van der Waals surface area contributed by atoms with Gasteiger partial charge in [-0.2, -0.15) is 0 Å². The minimum absolute atomic E-state index is 0.251. The predicted octanol–water partition coefficient (Wildman–Crippen LogP) is 2.20. The molecule has 7 nitrogen and oxygen atoms in total. The molecule has 1 heterocycles. The van der Waals surface area contributed by atoms with E-state index in [1.807, 2.05) is 13.0 Å². The van der Waals surface area contributed by atoms with E-state index < -0.39 is 0 Å². The topological polar surface area (TPSA) is 88.8 Å². The number of nitrogens with zero attached hydrogens (tertiary/aromatic N) is 2. The highest BCUT2D eigenvalue weighted by Crippen LogP contribution is 2.22. The summed E-state index contributed by atoms with van der Waals surface area (Å²) < 4.78 is 9.96. The average molecular weight is 324 g/mol. The quantitative estimate of drug-likeness (QED) is 0.411. The first-order valence-electron chi connectivity index (χ1n) is 8.18. The van der Waals surface area contributed by atoms with Crippen LogP contribution in [-0.2, 0) is 16.1 Å². The molecule has 130 valence electrons. The number of nitrogens with one attached hydrogen (secondary N) is 2. The fourth-order valence-electron chi connectivity index (χ4n) is 2.19. The third-order valence-corrected chi connectivity index (χ3v) is 3.57. The molecule has 0 amide bonds. The normalized spacial score (nSPS) is 11.6. The SMILES string of the molecule is CCNC(=NCc1cc(C(CC)CC)no1)NCCC(=O)OC. The van der Waals surface area contributed by atoms with Crippen LogP contribution in [0.15, 0.2) is 15.6 Å². The van der Waals surface area contributed by atoms with Crippen LogP contribution < -0.4 is 10.6 Å². The minimum atomic E-state index is -0.251. The maximum absolute atomic E-state index is 11.1. The van der Waals surface area contributed by atoms with Crippen LogP contribution in [0.1, 0.15) is 57.4 Å². The molecule has 0 spiro atoms. The Morgan fingerprint density at radius 3 is 2.70 bits per heavy atom. The number of hydrogen-bond donors (Lipinski definition) is 2. The van der Waals surface area contributed by atoms with Crippen LogP contribution in [0.4, 0.5) is 0 Å². The summed E-state index contributed by atoms with van der Waals surface area (Å²) in [6.07, 6.45) is 2.38. The van der Waals surface area contributed by atoms with E-state index in [1.165, 1.54) is 7.11 Å². The Morgan fingerprint density at radius 2 is 2.09 bits per heavy atom. The van der Waals surface area contributed by atoms with Crippen LogP contribution in [-0.4, -0.2) is 37.3 Å². The van der Waals surface area contributed by atoms with E-state index in [-0.39, 0.29) is 5.97 Å². The van der Waals surface area contributed by atoms with Crippen molar-refractivity contribution in [3.63, 3.8) is 0 Å². The van der Waals surface area contributed by atoms with Crippen LogP contribution in [0.2, 0.25) is 0 Å². The summed E-state index contributed by atoms with van der Waals surface area (Å²) in [5.41, 5.74) is 0.990. The van der Waals surface area contributed by atoms with Crippen LogP contribution in [0.3, 0.4) is 0 Å². The van der Waals surface area contributed by atoms with Gasteiger partial charge in [-0.25, -0.2) is 4.99 Å². The van der Waals surface area contributed by atoms with Gasteiger partial charge in [0.1, 0.15) is 6.54 Å². The van der Waals surface area contributed by atoms with Gasteiger partial charge in [0.05, 0.1) is 19.2 Å². The van der Waals surface area contributed by atoms with Gasteiger partial charge >= 0.3 is 5.97 Å². The molecule has 0 aliphatic heterocycles. The number of methoxy groups -OCH3 is 1. The molecule has 0 saturated heterocycles. The van der Waals surface area contributed by atoms with Crippen molar-refractivity contribution in [3.05, 3.63) is 17.5 Å². The first kappa shape index (κ1) is 19.0. The highest BCUT2D eigenvalue weighted by atomic mass is 16.5. The zero-order valence-electron chi connectivity index (χ0n) is 14.5. The Bertz CT molecular complexity index is 495. The molecule has 0 radical (unpaired) electrons. The molecule has 7 heteroatoms. The minimum Gasteiger partial charge on any atom is -0.469 e. The van der Waals surface area contributed by atoms with Gasteiger partial charge in [0.2, 0.25) is 0 Å². The summed E-state index contributed by atoms with van der Waals surface area (Å²) >= 11 is 0. The van der Waals surface area contributed by atoms with Crippen molar-refractivity contribution in [2.75, 3.05) is 20.2 Å². The molecule has 2 N–H and O–H groups in total. The van der Waals surface area contributed by atoms with Crippen molar-refractivity contribution < 1.29 is 14.1 Å². The van der Waals surface area contributed by atoms with Crippen LogP contribution >= 0.6 is 0 Å². The summed E-state index contributed by atoms with van der Waals surface area (Å²) in [6.45, 7) is 7.88. The van der Waals surface area contributed by atoms with E-state index in [0.717, 1.165) is 30.8 Å². The third kappa shape index (κ3) is 6.71. The maximum atomic E-state index is 11.1. The number of carbonyl (C=O) groups is 1. The molecule has 1 aromatic rings. The molecule has 0 saturated carbocycles. The molecular weight excluding hydrogens is 296 g/mol. The molecule has 1 rings (SSSR count). The number of esters is 1. The number of rotatable bonds is 9. The standard InChI is InChI=1S/C16H28N4O3/c1-5-12(6-2)14-10-13(23-20-14)11-19-16(17-7-3)18-9-8-15(21)22-4/h10,12H,5-9,11H2,1-4H3,(H2,17,18,19). The molecule has 0 atom stereocenters. The van der Waals surface area contributed by atoms with E-state index in [2.05, 4.69) is 39.4 Å². The lowest BCUT2D eigenvalue weighted by atomic mass is 9.99. The molecule has 0 aromatic carbocycles. The number of aromatic nitrogens is 1. The van der Waals surface area contributed by atoms with Crippen molar-refractivity contribution in [3.8, 4) is 0 Å². The molecular formula is C16H28N4O3. The van der Waals surface area contributed by atoms with E-state index in [9.17, 15) is 4.79 Å². The van der Waals surface area contributed by atoms with Crippen molar-refractivity contribution in [1.29, 1.82) is 0 Å². The molecule has 1 aromatic heterocycles. The number of aliphatic imine (C=N–C) groups is 1. The van der Waals surface area contributed by atoms with E-state index in [1.54, 1.807) is 0 Å². The second-order valence-electron chi connectivity index (χ2n) is 5.18. The number of ether oxygens (including phenoxy) is 1. The van der Waals surface area contributed by atoms with E-state index in [0.29, 0.717) is 31.4 Å². The average Bonchev–Trinajstić information content (AvgIpc) is 3.02. The van der Waals surface area contributed by atoms with Crippen molar-refractivity contribution in [2.24, 2.45) is 4.99 Å². The Hall–Kier alpha value is -2.05. The Labute approximate surface area is 137 Å². The molecule has 0 aliphatic rings. The molecule has 0 unspecified atom stereocenters. The Balaban J connectivity index is 2.57. The van der Waals surface area contributed by atoms with Crippen molar-refractivity contribution in [2.45, 2.75) is 52.5 Å². The molecule has 0 aliphatic carbocycles. The second kappa shape index (κ2) is 10.6. The van der Waals surface area contributed by atoms with Crippen LogP contribution in [0.25, 0.3) is 0 Å². The molecule has 0 fully saturated rings. The lowest BCUT2D eigenvalue weighted by Gasteiger charge is -2.10. The Morgan fingerprint density at radius 1 is 1.35 bits per heavy atom. The predicted molar refractivity (Wildman–Crippen MR) is 89.3 cm³/mol. The lowest BCUT2D eigenvalue weighted by Crippen LogP contribution is -2.38. The van der Waals surface area contributed by atoms with Gasteiger partial charge in [-0.05, 0) is 19.8 Å². The van der Waals surface area contributed by atoms with Gasteiger partial charge in [-0.3, -0.25) is 4.79 Å². The van der Waals surface area contributed by atoms with Gasteiger partial charge in [0, 0.05) is 25.1 Å². The smallest absolute Gasteiger partial charge is 0.307 e. The fourth-order valence-corrected chi connectivity index (χ4v) is 2.19. The number of hydrogen-bond acceptors (Lipinski definition) is 5. The fraction of sp³-hybridized carbons (Fsp3) is 0.688. The monoisotopic (exact) mass is 324 g/mol. The summed E-state index contributed by atoms with van der Waals surface area (Å²) in [6, 6.07) is 1.97. The molecule has 23 heavy (non-hydrogen) atoms. The summed E-state index contributed by atoms with van der Waals surface area (Å²) in [5, 5.41) is 10.3. The largest absolute Gasteiger partial charge is 0.469 e. The summed E-state index contributed by atoms with van der Waals surface area (Å²) in [4.78, 5) is 15.5. The molecule has 0 bridgehead atoms. The van der Waals surface area contributed by atoms with Crippen molar-refractivity contribution >= 4 is 11.9 Å². The van der Waals surface area contributed by atoms with Gasteiger partial charge in [-0.15, -0.1) is 0 Å². The summed E-state index contributed by atoms with van der Waals surface area (Å²) in [5.74, 6) is 1.55. The van der Waals surface area contributed by atoms with Crippen LogP contribution in [0, 0.1) is 0 Å². The van der Waals surface area contributed by atoms with Gasteiger partial charge in [-0.1, -0.05) is 19.0 Å². The number of guanidine groups is 1. The first-order chi connectivity index (χ1) is 11.1. The van der Waals surface area contributed by atoms with Crippen molar-refractivity contribution in [1.82, 2.24) is 15.8 Å². The van der Waals surface area contributed by atoms with Gasteiger partial charge < -0.3 is 19.9 Å². The highest BCUT2D eigenvalue weighted by molar-refractivity contribution is 5.80. The van der Waals surface area contributed by atoms with Crippen LogP contribution in [0.5, 0.6) is 0 Å².